The van der Waals surface area contributed by atoms with Gasteiger partial charge in [-0.05, 0) is 24.3 Å². The van der Waals surface area contributed by atoms with Crippen LogP contribution in [-0.2, 0) is 9.53 Å². The molecule has 0 saturated carbocycles. The van der Waals surface area contributed by atoms with Crippen molar-refractivity contribution in [3.63, 3.8) is 0 Å². The van der Waals surface area contributed by atoms with Crippen molar-refractivity contribution in [2.45, 2.75) is 6.04 Å². The lowest BCUT2D eigenvalue weighted by atomic mass is 10.1. The van der Waals surface area contributed by atoms with Crippen molar-refractivity contribution in [3.8, 4) is 17.0 Å². The Kier molecular flexibility index (Phi) is 7.19. The number of aromatic amines is 1. The van der Waals surface area contributed by atoms with Gasteiger partial charge in [-0.3, -0.25) is 14.8 Å². The second-order valence-corrected chi connectivity index (χ2v) is 7.70. The van der Waals surface area contributed by atoms with Crippen LogP contribution in [0.2, 0.25) is 5.02 Å². The summed E-state index contributed by atoms with van der Waals surface area (Å²) in [5.74, 6) is 0.673. The maximum absolute atomic E-state index is 10.6. The van der Waals surface area contributed by atoms with Gasteiger partial charge in [-0.1, -0.05) is 42.0 Å². The Labute approximate surface area is 186 Å². The molecule has 2 N–H and O–H groups in total. The summed E-state index contributed by atoms with van der Waals surface area (Å²) >= 11 is 6.46. The number of hydrogen-bond donors (Lipinski definition) is 2. The van der Waals surface area contributed by atoms with Crippen molar-refractivity contribution in [1.29, 1.82) is 0 Å². The van der Waals surface area contributed by atoms with Crippen molar-refractivity contribution in [2.75, 3.05) is 39.5 Å². The number of hydrogen-bond acceptors (Lipinski definition) is 5. The molecule has 162 valence electrons. The molecule has 1 aromatic heterocycles. The number of amides is 1. The van der Waals surface area contributed by atoms with Crippen LogP contribution in [0.15, 0.2) is 54.6 Å². The van der Waals surface area contributed by atoms with Crippen LogP contribution in [-0.4, -0.2) is 67.0 Å². The van der Waals surface area contributed by atoms with E-state index < -0.39 is 0 Å². The number of nitrogens with one attached hydrogen (secondary N) is 2. The van der Waals surface area contributed by atoms with Crippen LogP contribution in [0.5, 0.6) is 5.75 Å². The number of aromatic nitrogens is 2. The summed E-state index contributed by atoms with van der Waals surface area (Å²) in [6.45, 7) is 4.87. The van der Waals surface area contributed by atoms with Gasteiger partial charge in [0.05, 0.1) is 35.7 Å². The normalized spacial score (nSPS) is 19.0. The average Bonchev–Trinajstić information content (AvgIpc) is 3.16. The topological polar surface area (TPSA) is 79.5 Å². The van der Waals surface area contributed by atoms with Gasteiger partial charge in [-0.15, -0.1) is 0 Å². The number of nitrogens with zero attached hydrogens (tertiary/aromatic N) is 2. The summed E-state index contributed by atoms with van der Waals surface area (Å²) in [7, 11) is 0. The first kappa shape index (κ1) is 21.4. The number of morpholine rings is 1. The van der Waals surface area contributed by atoms with E-state index in [1.54, 1.807) is 0 Å². The second-order valence-electron chi connectivity index (χ2n) is 7.29. The summed E-state index contributed by atoms with van der Waals surface area (Å²) in [4.78, 5) is 13.0. The Balaban J connectivity index is 1.39. The molecule has 2 aromatic rings. The van der Waals surface area contributed by atoms with Gasteiger partial charge in [0.25, 0.3) is 0 Å². The summed E-state index contributed by atoms with van der Waals surface area (Å²) in [6, 6.07) is 7.58. The van der Waals surface area contributed by atoms with E-state index in [2.05, 4.69) is 20.4 Å². The fourth-order valence-corrected chi connectivity index (χ4v) is 3.71. The van der Waals surface area contributed by atoms with Gasteiger partial charge in [-0.25, -0.2) is 0 Å². The van der Waals surface area contributed by atoms with Crippen LogP contribution in [0.3, 0.4) is 0 Å². The average molecular weight is 441 g/mol. The van der Waals surface area contributed by atoms with E-state index in [0.29, 0.717) is 23.8 Å². The highest BCUT2D eigenvalue weighted by Crippen LogP contribution is 2.31. The van der Waals surface area contributed by atoms with Crippen LogP contribution in [0.1, 0.15) is 5.69 Å². The number of benzene rings is 1. The monoisotopic (exact) mass is 440 g/mol. The third-order valence-corrected chi connectivity index (χ3v) is 5.52. The van der Waals surface area contributed by atoms with Crippen LogP contribution >= 0.6 is 11.6 Å². The van der Waals surface area contributed by atoms with Crippen LogP contribution in [0, 0.1) is 0 Å². The Morgan fingerprint density at radius 1 is 1.29 bits per heavy atom. The molecule has 4 rings (SSSR count). The molecule has 1 saturated heterocycles. The molecule has 8 heteroatoms. The summed E-state index contributed by atoms with van der Waals surface area (Å²) in [5.41, 5.74) is 3.55. The van der Waals surface area contributed by atoms with E-state index in [1.165, 1.54) is 0 Å². The van der Waals surface area contributed by atoms with Gasteiger partial charge < -0.3 is 14.8 Å². The Morgan fingerprint density at radius 2 is 2.16 bits per heavy atom. The Hall–Kier alpha value is -2.87. The minimum Gasteiger partial charge on any atom is -0.491 e. The van der Waals surface area contributed by atoms with E-state index in [-0.39, 0.29) is 6.04 Å². The first-order valence-corrected chi connectivity index (χ1v) is 10.7. The summed E-state index contributed by atoms with van der Waals surface area (Å²) < 4.78 is 11.2. The van der Waals surface area contributed by atoms with Crippen LogP contribution < -0.4 is 10.1 Å². The lowest BCUT2D eigenvalue weighted by Gasteiger charge is -2.26. The fourth-order valence-electron chi connectivity index (χ4n) is 3.48. The maximum atomic E-state index is 10.6. The largest absolute Gasteiger partial charge is 0.491 e. The smallest absolute Gasteiger partial charge is 0.207 e. The van der Waals surface area contributed by atoms with Gasteiger partial charge in [0.1, 0.15) is 12.4 Å². The highest BCUT2D eigenvalue weighted by atomic mass is 35.5. The molecular formula is C23H25ClN4O3. The molecule has 7 nitrogen and oxygen atoms in total. The molecule has 0 radical (unpaired) electrons. The highest BCUT2D eigenvalue weighted by Gasteiger charge is 2.12. The van der Waals surface area contributed by atoms with Crippen molar-refractivity contribution in [1.82, 2.24) is 20.4 Å². The molecule has 1 amide bonds. The SMILES string of the molecule is O=CNC1C=CC=C(c2cc(-c3ccc(OCCN4CCOCC4)c(Cl)c3)[nH]n2)C=C1. The van der Waals surface area contributed by atoms with Gasteiger partial charge >= 0.3 is 0 Å². The second kappa shape index (κ2) is 10.4. The van der Waals surface area contributed by atoms with Gasteiger partial charge in [0, 0.05) is 30.8 Å². The number of carbonyl (C=O) groups excluding carboxylic acids is 1. The zero-order valence-corrected chi connectivity index (χ0v) is 17.8. The number of allylic oxidation sites excluding steroid dienone is 4. The lowest BCUT2D eigenvalue weighted by molar-refractivity contribution is -0.109. The molecule has 0 spiro atoms. The minimum atomic E-state index is -0.126. The molecule has 2 heterocycles. The third kappa shape index (κ3) is 5.64. The molecule has 1 aromatic carbocycles. The van der Waals surface area contributed by atoms with Crippen LogP contribution in [0.25, 0.3) is 16.8 Å². The van der Waals surface area contributed by atoms with Crippen molar-refractivity contribution < 1.29 is 14.3 Å². The van der Waals surface area contributed by atoms with Crippen molar-refractivity contribution >= 4 is 23.6 Å². The maximum Gasteiger partial charge on any atom is 0.207 e. The third-order valence-electron chi connectivity index (χ3n) is 5.22. The molecule has 1 fully saturated rings. The molecular weight excluding hydrogens is 416 g/mol. The van der Waals surface area contributed by atoms with Gasteiger partial charge in [0.15, 0.2) is 0 Å². The quantitative estimate of drug-likeness (QED) is 0.617. The molecule has 0 bridgehead atoms. The number of halogens is 1. The lowest BCUT2D eigenvalue weighted by Crippen LogP contribution is -2.38. The van der Waals surface area contributed by atoms with E-state index in [9.17, 15) is 4.79 Å². The number of H-pyrrole nitrogens is 1. The molecule has 1 unspecified atom stereocenters. The van der Waals surface area contributed by atoms with Crippen molar-refractivity contribution in [2.24, 2.45) is 0 Å². The fraction of sp³-hybridized carbons (Fsp3) is 0.304. The Morgan fingerprint density at radius 3 is 2.97 bits per heavy atom. The predicted molar refractivity (Wildman–Crippen MR) is 121 cm³/mol. The highest BCUT2D eigenvalue weighted by molar-refractivity contribution is 6.32. The first-order valence-electron chi connectivity index (χ1n) is 10.3. The predicted octanol–water partition coefficient (Wildman–Crippen LogP) is 3.07. The Bertz CT molecular complexity index is 992. The standard InChI is InChI=1S/C23H25ClN4O3/c24-20-14-18(5-7-23(20)31-13-10-28-8-11-30-12-9-28)22-15-21(26-27-22)17-2-1-3-19(6-4-17)25-16-29/h1-7,14-16,19H,8-13H2,(H,25,29)(H,26,27). The number of rotatable bonds is 8. The van der Waals surface area contributed by atoms with E-state index in [0.717, 1.165) is 55.4 Å². The molecule has 1 atom stereocenters. The zero-order valence-electron chi connectivity index (χ0n) is 17.1. The number of ether oxygens (including phenoxy) is 2. The zero-order chi connectivity index (χ0) is 21.5. The molecule has 2 aliphatic rings. The van der Waals surface area contributed by atoms with E-state index in [1.807, 2.05) is 54.6 Å². The molecule has 31 heavy (non-hydrogen) atoms. The first-order chi connectivity index (χ1) is 15.2. The summed E-state index contributed by atoms with van der Waals surface area (Å²) in [6.07, 6.45) is 10.3. The van der Waals surface area contributed by atoms with Gasteiger partial charge in [0.2, 0.25) is 6.41 Å². The number of carbonyl (C=O) groups is 1. The van der Waals surface area contributed by atoms with E-state index in [4.69, 9.17) is 21.1 Å². The van der Waals surface area contributed by atoms with Gasteiger partial charge in [-0.2, -0.15) is 5.10 Å². The molecule has 1 aliphatic heterocycles. The molecule has 1 aliphatic carbocycles. The van der Waals surface area contributed by atoms with Crippen molar-refractivity contribution in [3.05, 3.63) is 65.4 Å². The van der Waals surface area contributed by atoms with Crippen LogP contribution in [0.4, 0.5) is 0 Å². The van der Waals surface area contributed by atoms with E-state index >= 15 is 0 Å². The minimum absolute atomic E-state index is 0.126. The summed E-state index contributed by atoms with van der Waals surface area (Å²) in [5, 5.41) is 10.8.